The number of hydrogen-bond acceptors (Lipinski definition) is 4. The van der Waals surface area contributed by atoms with Crippen molar-refractivity contribution in [3.05, 3.63) is 94.5 Å². The van der Waals surface area contributed by atoms with Crippen LogP contribution in [-0.2, 0) is 26.2 Å². The van der Waals surface area contributed by atoms with Gasteiger partial charge in [0.15, 0.2) is 0 Å². The molecule has 1 aliphatic rings. The second-order valence-corrected chi connectivity index (χ2v) is 13.0. The quantitative estimate of drug-likeness (QED) is 0.294. The SMILES string of the molecule is CC[C@@H](C(=O)NC1CCCC1)N(Cc1cccc(C)c1)C(=O)CN(c1ccc(Cl)cc1)S(=O)(=O)c1ccc(C)cc1. The maximum absolute atomic E-state index is 14.2. The smallest absolute Gasteiger partial charge is 0.264 e. The van der Waals surface area contributed by atoms with Gasteiger partial charge in [-0.05, 0) is 75.1 Å². The normalized spacial score (nSPS) is 14.4. The Kier molecular flexibility index (Phi) is 10.1. The van der Waals surface area contributed by atoms with E-state index in [1.807, 2.05) is 45.0 Å². The highest BCUT2D eigenvalue weighted by Crippen LogP contribution is 2.27. The van der Waals surface area contributed by atoms with Gasteiger partial charge in [-0.3, -0.25) is 13.9 Å². The van der Waals surface area contributed by atoms with Crippen LogP contribution in [0.25, 0.3) is 0 Å². The number of carbonyl (C=O) groups is 2. The Labute approximate surface area is 248 Å². The molecule has 0 unspecified atom stereocenters. The highest BCUT2D eigenvalue weighted by atomic mass is 35.5. The van der Waals surface area contributed by atoms with Gasteiger partial charge < -0.3 is 10.2 Å². The van der Waals surface area contributed by atoms with Gasteiger partial charge in [-0.15, -0.1) is 0 Å². The summed E-state index contributed by atoms with van der Waals surface area (Å²) in [5.74, 6) is -0.676. The van der Waals surface area contributed by atoms with Gasteiger partial charge in [-0.2, -0.15) is 0 Å². The molecule has 1 saturated carbocycles. The number of nitrogens with zero attached hydrogens (tertiary/aromatic N) is 2. The number of sulfonamides is 1. The van der Waals surface area contributed by atoms with Crippen LogP contribution >= 0.6 is 11.6 Å². The second-order valence-electron chi connectivity index (χ2n) is 10.7. The van der Waals surface area contributed by atoms with E-state index in [4.69, 9.17) is 11.6 Å². The lowest BCUT2D eigenvalue weighted by atomic mass is 10.1. The summed E-state index contributed by atoms with van der Waals surface area (Å²) < 4.78 is 29.0. The summed E-state index contributed by atoms with van der Waals surface area (Å²) in [6, 6.07) is 20.0. The predicted octanol–water partition coefficient (Wildman–Crippen LogP) is 6.02. The van der Waals surface area contributed by atoms with Gasteiger partial charge in [0.05, 0.1) is 10.6 Å². The third kappa shape index (κ3) is 7.68. The first-order valence-corrected chi connectivity index (χ1v) is 15.9. The van der Waals surface area contributed by atoms with Crippen molar-refractivity contribution in [3.63, 3.8) is 0 Å². The molecule has 1 fully saturated rings. The van der Waals surface area contributed by atoms with Crippen molar-refractivity contribution >= 4 is 39.1 Å². The highest BCUT2D eigenvalue weighted by Gasteiger charge is 2.34. The van der Waals surface area contributed by atoms with Crippen molar-refractivity contribution < 1.29 is 18.0 Å². The number of amides is 2. The molecule has 1 atom stereocenters. The van der Waals surface area contributed by atoms with E-state index in [1.54, 1.807) is 36.4 Å². The Morgan fingerprint density at radius 2 is 1.61 bits per heavy atom. The van der Waals surface area contributed by atoms with Crippen LogP contribution in [0.5, 0.6) is 0 Å². The molecule has 4 rings (SSSR count). The molecule has 41 heavy (non-hydrogen) atoms. The number of aryl methyl sites for hydroxylation is 2. The number of rotatable bonds is 11. The minimum absolute atomic E-state index is 0.0714. The summed E-state index contributed by atoms with van der Waals surface area (Å²) in [4.78, 5) is 29.3. The van der Waals surface area contributed by atoms with Crippen LogP contribution in [0, 0.1) is 13.8 Å². The van der Waals surface area contributed by atoms with E-state index in [9.17, 15) is 18.0 Å². The summed E-state index contributed by atoms with van der Waals surface area (Å²) in [6.45, 7) is 5.42. The fraction of sp³-hybridized carbons (Fsp3) is 0.375. The molecular formula is C32H38ClN3O4S. The molecule has 0 heterocycles. The number of hydrogen-bond donors (Lipinski definition) is 1. The molecule has 0 aliphatic heterocycles. The first-order valence-electron chi connectivity index (χ1n) is 14.1. The molecule has 3 aromatic carbocycles. The zero-order valence-corrected chi connectivity index (χ0v) is 25.4. The first kappa shape index (κ1) is 30.6. The van der Waals surface area contributed by atoms with Crippen molar-refractivity contribution in [2.75, 3.05) is 10.8 Å². The van der Waals surface area contributed by atoms with Gasteiger partial charge >= 0.3 is 0 Å². The molecule has 218 valence electrons. The van der Waals surface area contributed by atoms with E-state index in [1.165, 1.54) is 17.0 Å². The molecule has 9 heteroatoms. The van der Waals surface area contributed by atoms with E-state index >= 15 is 0 Å². The fourth-order valence-corrected chi connectivity index (χ4v) is 6.81. The lowest BCUT2D eigenvalue weighted by Crippen LogP contribution is -2.53. The monoisotopic (exact) mass is 595 g/mol. The summed E-state index contributed by atoms with van der Waals surface area (Å²) in [6.07, 6.45) is 4.38. The number of halogens is 1. The van der Waals surface area contributed by atoms with Crippen molar-refractivity contribution in [2.24, 2.45) is 0 Å². The molecule has 0 radical (unpaired) electrons. The Hall–Kier alpha value is -3.36. The van der Waals surface area contributed by atoms with E-state index in [0.717, 1.165) is 46.7 Å². The third-order valence-electron chi connectivity index (χ3n) is 7.53. The lowest BCUT2D eigenvalue weighted by Gasteiger charge is -2.34. The Morgan fingerprint density at radius 1 is 0.951 bits per heavy atom. The molecular weight excluding hydrogens is 558 g/mol. The number of benzene rings is 3. The van der Waals surface area contributed by atoms with E-state index in [-0.39, 0.29) is 23.4 Å². The van der Waals surface area contributed by atoms with Crippen LogP contribution in [0.3, 0.4) is 0 Å². The highest BCUT2D eigenvalue weighted by molar-refractivity contribution is 7.92. The maximum Gasteiger partial charge on any atom is 0.264 e. The van der Waals surface area contributed by atoms with Crippen LogP contribution in [0.15, 0.2) is 77.7 Å². The molecule has 0 bridgehead atoms. The maximum atomic E-state index is 14.2. The van der Waals surface area contributed by atoms with Crippen LogP contribution < -0.4 is 9.62 Å². The Morgan fingerprint density at radius 3 is 2.22 bits per heavy atom. The fourth-order valence-electron chi connectivity index (χ4n) is 5.27. The van der Waals surface area contributed by atoms with Gasteiger partial charge in [0.1, 0.15) is 12.6 Å². The number of carbonyl (C=O) groups excluding carboxylic acids is 2. The average molecular weight is 596 g/mol. The van der Waals surface area contributed by atoms with Crippen molar-refractivity contribution in [3.8, 4) is 0 Å². The Bertz CT molecular complexity index is 1450. The summed E-state index contributed by atoms with van der Waals surface area (Å²) in [7, 11) is -4.12. The lowest BCUT2D eigenvalue weighted by molar-refractivity contribution is -0.140. The van der Waals surface area contributed by atoms with Gasteiger partial charge in [0, 0.05) is 17.6 Å². The summed E-state index contributed by atoms with van der Waals surface area (Å²) >= 11 is 6.10. The largest absolute Gasteiger partial charge is 0.352 e. The molecule has 0 saturated heterocycles. The Balaban J connectivity index is 1.71. The van der Waals surface area contributed by atoms with E-state index in [2.05, 4.69) is 5.32 Å². The average Bonchev–Trinajstić information content (AvgIpc) is 3.45. The zero-order chi connectivity index (χ0) is 29.6. The van der Waals surface area contributed by atoms with Crippen LogP contribution in [0.2, 0.25) is 5.02 Å². The summed E-state index contributed by atoms with van der Waals surface area (Å²) in [5.41, 5.74) is 3.12. The van der Waals surface area contributed by atoms with Crippen LogP contribution in [-0.4, -0.2) is 43.8 Å². The van der Waals surface area contributed by atoms with Gasteiger partial charge in [-0.1, -0.05) is 78.9 Å². The van der Waals surface area contributed by atoms with E-state index < -0.39 is 28.5 Å². The predicted molar refractivity (Wildman–Crippen MR) is 163 cm³/mol. The third-order valence-corrected chi connectivity index (χ3v) is 9.57. The molecule has 1 N–H and O–H groups in total. The second kappa shape index (κ2) is 13.5. The van der Waals surface area contributed by atoms with E-state index in [0.29, 0.717) is 17.1 Å². The number of nitrogens with one attached hydrogen (secondary N) is 1. The van der Waals surface area contributed by atoms with Crippen molar-refractivity contribution in [1.29, 1.82) is 0 Å². The minimum Gasteiger partial charge on any atom is -0.352 e. The molecule has 2 amide bonds. The van der Waals surface area contributed by atoms with Crippen molar-refractivity contribution in [2.45, 2.75) is 76.4 Å². The topological polar surface area (TPSA) is 86.8 Å². The number of anilines is 1. The standard InChI is InChI=1S/C32H38ClN3O4S/c1-4-30(32(38)34-27-10-5-6-11-27)35(21-25-9-7-8-24(3)20-25)31(37)22-36(28-16-14-26(33)15-17-28)41(39,40)29-18-12-23(2)13-19-29/h7-9,12-20,27,30H,4-6,10-11,21-22H2,1-3H3,(H,34,38)/t30-/m0/s1. The first-order chi connectivity index (χ1) is 19.6. The molecule has 1 aliphatic carbocycles. The molecule has 3 aromatic rings. The van der Waals surface area contributed by atoms with Gasteiger partial charge in [0.25, 0.3) is 10.0 Å². The zero-order valence-electron chi connectivity index (χ0n) is 23.8. The van der Waals surface area contributed by atoms with Gasteiger partial charge in [0.2, 0.25) is 11.8 Å². The van der Waals surface area contributed by atoms with Crippen LogP contribution in [0.1, 0.15) is 55.7 Å². The van der Waals surface area contributed by atoms with Gasteiger partial charge in [-0.25, -0.2) is 8.42 Å². The molecule has 0 spiro atoms. The summed E-state index contributed by atoms with van der Waals surface area (Å²) in [5, 5.41) is 3.58. The van der Waals surface area contributed by atoms with Crippen LogP contribution in [0.4, 0.5) is 5.69 Å². The molecule has 0 aromatic heterocycles. The van der Waals surface area contributed by atoms with Crippen molar-refractivity contribution in [1.82, 2.24) is 10.2 Å². The molecule has 7 nitrogen and oxygen atoms in total. The minimum atomic E-state index is -4.12.